The van der Waals surface area contributed by atoms with E-state index in [-0.39, 0.29) is 17.7 Å². The van der Waals surface area contributed by atoms with Gasteiger partial charge in [-0.3, -0.25) is 9.59 Å². The molecule has 0 spiro atoms. The van der Waals surface area contributed by atoms with Gasteiger partial charge in [0, 0.05) is 19.0 Å². The van der Waals surface area contributed by atoms with Crippen LogP contribution in [0.3, 0.4) is 0 Å². The van der Waals surface area contributed by atoms with E-state index in [2.05, 4.69) is 10.6 Å². The first-order valence-corrected chi connectivity index (χ1v) is 8.28. The van der Waals surface area contributed by atoms with E-state index < -0.39 is 5.41 Å². The molecule has 5 heteroatoms. The minimum absolute atomic E-state index is 0.0454. The second kappa shape index (κ2) is 6.22. The molecule has 23 heavy (non-hydrogen) atoms. The summed E-state index contributed by atoms with van der Waals surface area (Å²) in [5.41, 5.74) is 1.66. The molecule has 2 N–H and O–H groups in total. The van der Waals surface area contributed by atoms with Crippen LogP contribution in [0, 0.1) is 12.8 Å². The molecule has 124 valence electrons. The minimum Gasteiger partial charge on any atom is -0.496 e. The summed E-state index contributed by atoms with van der Waals surface area (Å²) in [5, 5.41) is 5.82. The normalized spacial score (nSPS) is 18.2. The van der Waals surface area contributed by atoms with Crippen molar-refractivity contribution in [2.75, 3.05) is 20.2 Å². The highest BCUT2D eigenvalue weighted by Crippen LogP contribution is 2.49. The van der Waals surface area contributed by atoms with Gasteiger partial charge >= 0.3 is 0 Å². The third-order valence-corrected chi connectivity index (χ3v) is 4.80. The van der Waals surface area contributed by atoms with Crippen molar-refractivity contribution < 1.29 is 14.3 Å². The first-order chi connectivity index (χ1) is 11.1. The lowest BCUT2D eigenvalue weighted by atomic mass is 9.93. The predicted molar refractivity (Wildman–Crippen MR) is 87.4 cm³/mol. The van der Waals surface area contributed by atoms with Gasteiger partial charge in [0.25, 0.3) is 0 Å². The summed E-state index contributed by atoms with van der Waals surface area (Å²) in [5.74, 6) is 1.19. The van der Waals surface area contributed by atoms with Crippen LogP contribution in [0.15, 0.2) is 18.2 Å². The maximum atomic E-state index is 12.5. The highest BCUT2D eigenvalue weighted by atomic mass is 16.5. The topological polar surface area (TPSA) is 67.4 Å². The standard InChI is InChI=1S/C18H24N2O3/c1-12-3-6-14(11-15(12)23-2)18(7-8-18)17(22)20-10-9-19-16(21)13-4-5-13/h3,6,11,13H,4-5,7-10H2,1-2H3,(H,19,21)(H,20,22). The van der Waals surface area contributed by atoms with Gasteiger partial charge in [-0.2, -0.15) is 0 Å². The first-order valence-electron chi connectivity index (χ1n) is 8.28. The highest BCUT2D eigenvalue weighted by molar-refractivity contribution is 5.91. The molecule has 0 aliphatic heterocycles. The lowest BCUT2D eigenvalue weighted by Gasteiger charge is -2.17. The number of carbonyl (C=O) groups excluding carboxylic acids is 2. The van der Waals surface area contributed by atoms with Crippen LogP contribution in [0.25, 0.3) is 0 Å². The summed E-state index contributed by atoms with van der Waals surface area (Å²) in [6, 6.07) is 5.98. The Morgan fingerprint density at radius 3 is 2.52 bits per heavy atom. The van der Waals surface area contributed by atoms with E-state index in [9.17, 15) is 9.59 Å². The van der Waals surface area contributed by atoms with Gasteiger partial charge in [0.2, 0.25) is 11.8 Å². The molecule has 2 aliphatic carbocycles. The second-order valence-electron chi connectivity index (χ2n) is 6.59. The quantitative estimate of drug-likeness (QED) is 0.752. The predicted octanol–water partition coefficient (Wildman–Crippen LogP) is 1.68. The number of nitrogens with one attached hydrogen (secondary N) is 2. The molecule has 2 amide bonds. The van der Waals surface area contributed by atoms with E-state index in [4.69, 9.17) is 4.74 Å². The van der Waals surface area contributed by atoms with Crippen LogP contribution in [-0.4, -0.2) is 32.0 Å². The van der Waals surface area contributed by atoms with Crippen LogP contribution < -0.4 is 15.4 Å². The molecule has 2 saturated carbocycles. The van der Waals surface area contributed by atoms with Crippen molar-refractivity contribution in [2.45, 2.75) is 38.0 Å². The van der Waals surface area contributed by atoms with Crippen LogP contribution in [-0.2, 0) is 15.0 Å². The fourth-order valence-corrected chi connectivity index (χ4v) is 2.91. The molecule has 0 saturated heterocycles. The van der Waals surface area contributed by atoms with Crippen LogP contribution >= 0.6 is 0 Å². The molecule has 3 rings (SSSR count). The van der Waals surface area contributed by atoms with E-state index in [1.54, 1.807) is 7.11 Å². The Bertz CT molecular complexity index is 619. The number of hydrogen-bond donors (Lipinski definition) is 2. The molecular weight excluding hydrogens is 292 g/mol. The summed E-state index contributed by atoms with van der Waals surface area (Å²) >= 11 is 0. The average Bonchev–Trinajstić information content (AvgIpc) is 3.43. The van der Waals surface area contributed by atoms with Gasteiger partial charge in [0.05, 0.1) is 12.5 Å². The molecule has 0 unspecified atom stereocenters. The molecular formula is C18H24N2O3. The molecule has 1 aromatic rings. The maximum absolute atomic E-state index is 12.5. The Morgan fingerprint density at radius 1 is 1.22 bits per heavy atom. The third-order valence-electron chi connectivity index (χ3n) is 4.80. The summed E-state index contributed by atoms with van der Waals surface area (Å²) in [6.45, 7) is 2.96. The van der Waals surface area contributed by atoms with E-state index in [0.29, 0.717) is 13.1 Å². The lowest BCUT2D eigenvalue weighted by Crippen LogP contribution is -2.40. The van der Waals surface area contributed by atoms with Gasteiger partial charge in [-0.15, -0.1) is 0 Å². The van der Waals surface area contributed by atoms with E-state index >= 15 is 0 Å². The third kappa shape index (κ3) is 3.33. The monoisotopic (exact) mass is 316 g/mol. The zero-order valence-corrected chi connectivity index (χ0v) is 13.8. The maximum Gasteiger partial charge on any atom is 0.230 e. The van der Waals surface area contributed by atoms with Crippen molar-refractivity contribution in [2.24, 2.45) is 5.92 Å². The zero-order chi connectivity index (χ0) is 16.4. The minimum atomic E-state index is -0.415. The molecule has 2 aliphatic rings. The zero-order valence-electron chi connectivity index (χ0n) is 13.8. The SMILES string of the molecule is COc1cc(C2(C(=O)NCCNC(=O)C3CC3)CC2)ccc1C. The van der Waals surface area contributed by atoms with Gasteiger partial charge in [-0.05, 0) is 49.8 Å². The van der Waals surface area contributed by atoms with Gasteiger partial charge in [0.15, 0.2) is 0 Å². The number of methoxy groups -OCH3 is 1. The van der Waals surface area contributed by atoms with Crippen LogP contribution in [0.4, 0.5) is 0 Å². The van der Waals surface area contributed by atoms with Crippen molar-refractivity contribution in [3.05, 3.63) is 29.3 Å². The molecule has 0 radical (unpaired) electrons. The van der Waals surface area contributed by atoms with Gasteiger partial charge in [0.1, 0.15) is 5.75 Å². The largest absolute Gasteiger partial charge is 0.496 e. The number of amides is 2. The van der Waals surface area contributed by atoms with Gasteiger partial charge in [-0.25, -0.2) is 0 Å². The Labute approximate surface area is 136 Å². The fraction of sp³-hybridized carbons (Fsp3) is 0.556. The molecule has 0 atom stereocenters. The highest BCUT2D eigenvalue weighted by Gasteiger charge is 2.51. The fourth-order valence-electron chi connectivity index (χ4n) is 2.91. The van der Waals surface area contributed by atoms with Crippen LogP contribution in [0.5, 0.6) is 5.75 Å². The number of hydrogen-bond acceptors (Lipinski definition) is 3. The van der Waals surface area contributed by atoms with E-state index in [1.165, 1.54) is 0 Å². The van der Waals surface area contributed by atoms with E-state index in [1.807, 2.05) is 25.1 Å². The van der Waals surface area contributed by atoms with Crippen molar-refractivity contribution in [1.82, 2.24) is 10.6 Å². The number of aryl methyl sites for hydroxylation is 1. The van der Waals surface area contributed by atoms with Crippen LogP contribution in [0.2, 0.25) is 0 Å². The van der Waals surface area contributed by atoms with E-state index in [0.717, 1.165) is 42.6 Å². The smallest absolute Gasteiger partial charge is 0.230 e. The summed E-state index contributed by atoms with van der Waals surface area (Å²) in [7, 11) is 1.65. The lowest BCUT2D eigenvalue weighted by molar-refractivity contribution is -0.124. The number of ether oxygens (including phenoxy) is 1. The van der Waals surface area contributed by atoms with Crippen LogP contribution in [0.1, 0.15) is 36.8 Å². The van der Waals surface area contributed by atoms with Crippen molar-refractivity contribution in [3.8, 4) is 5.75 Å². The van der Waals surface area contributed by atoms with Crippen molar-refractivity contribution in [3.63, 3.8) is 0 Å². The summed E-state index contributed by atoms with van der Waals surface area (Å²) in [4.78, 5) is 24.1. The molecule has 5 nitrogen and oxygen atoms in total. The summed E-state index contributed by atoms with van der Waals surface area (Å²) in [6.07, 6.45) is 3.71. The van der Waals surface area contributed by atoms with Gasteiger partial charge < -0.3 is 15.4 Å². The molecule has 0 heterocycles. The Morgan fingerprint density at radius 2 is 1.91 bits per heavy atom. The molecule has 0 aromatic heterocycles. The number of rotatable bonds is 7. The van der Waals surface area contributed by atoms with Crippen molar-refractivity contribution >= 4 is 11.8 Å². The first kappa shape index (κ1) is 15.8. The average molecular weight is 316 g/mol. The Kier molecular flexibility index (Phi) is 4.28. The van der Waals surface area contributed by atoms with Crippen molar-refractivity contribution in [1.29, 1.82) is 0 Å². The molecule has 0 bridgehead atoms. The second-order valence-corrected chi connectivity index (χ2v) is 6.59. The molecule has 1 aromatic carbocycles. The number of benzene rings is 1. The summed E-state index contributed by atoms with van der Waals surface area (Å²) < 4.78 is 5.36. The Hall–Kier alpha value is -2.04. The molecule has 2 fully saturated rings. The Balaban J connectivity index is 1.54. The number of carbonyl (C=O) groups is 2. The van der Waals surface area contributed by atoms with Gasteiger partial charge in [-0.1, -0.05) is 12.1 Å².